The lowest BCUT2D eigenvalue weighted by Gasteiger charge is -2.35. The molecule has 0 aromatic heterocycles. The number of nitrogens with zero attached hydrogens (tertiary/aromatic N) is 2. The predicted octanol–water partition coefficient (Wildman–Crippen LogP) is 2.73. The average Bonchev–Trinajstić information content (AvgIpc) is 3.38. The van der Waals surface area contributed by atoms with Gasteiger partial charge in [0.15, 0.2) is 0 Å². The van der Waals surface area contributed by atoms with Gasteiger partial charge in [0.2, 0.25) is 15.9 Å². The van der Waals surface area contributed by atoms with Gasteiger partial charge < -0.3 is 4.90 Å². The smallest absolute Gasteiger partial charge is 0.340 e. The zero-order valence-corrected chi connectivity index (χ0v) is 15.5. The summed E-state index contributed by atoms with van der Waals surface area (Å²) in [5, 5.41) is 0. The van der Waals surface area contributed by atoms with Gasteiger partial charge in [-0.1, -0.05) is 0 Å². The largest absolute Gasteiger partial charge is 0.416 e. The molecule has 2 saturated heterocycles. The number of halogens is 3. The maximum absolute atomic E-state index is 13.1. The van der Waals surface area contributed by atoms with Crippen molar-refractivity contribution in [1.29, 1.82) is 0 Å². The van der Waals surface area contributed by atoms with Crippen LogP contribution in [-0.2, 0) is 21.0 Å². The Morgan fingerprint density at radius 2 is 1.70 bits per heavy atom. The van der Waals surface area contributed by atoms with Gasteiger partial charge in [0.05, 0.1) is 10.5 Å². The van der Waals surface area contributed by atoms with E-state index in [1.54, 1.807) is 4.90 Å². The number of fused-ring (bicyclic) bond motifs is 1. The number of carbonyl (C=O) groups is 1. The fourth-order valence-corrected chi connectivity index (χ4v) is 5.87. The lowest BCUT2D eigenvalue weighted by atomic mass is 9.94. The monoisotopic (exact) mass is 402 g/mol. The van der Waals surface area contributed by atoms with E-state index in [0.29, 0.717) is 26.1 Å². The van der Waals surface area contributed by atoms with Gasteiger partial charge in [-0.25, -0.2) is 8.42 Å². The van der Waals surface area contributed by atoms with E-state index in [4.69, 9.17) is 0 Å². The highest BCUT2D eigenvalue weighted by Crippen LogP contribution is 2.38. The number of hydrogen-bond acceptors (Lipinski definition) is 3. The third kappa shape index (κ3) is 3.47. The maximum atomic E-state index is 13.1. The van der Waals surface area contributed by atoms with Crippen LogP contribution in [-0.4, -0.2) is 49.2 Å². The van der Waals surface area contributed by atoms with E-state index in [1.165, 1.54) is 4.31 Å². The molecule has 1 aromatic carbocycles. The van der Waals surface area contributed by atoms with E-state index in [1.807, 2.05) is 0 Å². The molecule has 27 heavy (non-hydrogen) atoms. The summed E-state index contributed by atoms with van der Waals surface area (Å²) in [4.78, 5) is 14.0. The van der Waals surface area contributed by atoms with Gasteiger partial charge in [0.25, 0.3) is 0 Å². The molecular weight excluding hydrogens is 381 g/mol. The molecule has 3 fully saturated rings. The second-order valence-electron chi connectivity index (χ2n) is 7.63. The Morgan fingerprint density at radius 3 is 2.30 bits per heavy atom. The van der Waals surface area contributed by atoms with Gasteiger partial charge >= 0.3 is 6.18 Å². The molecule has 1 amide bonds. The summed E-state index contributed by atoms with van der Waals surface area (Å²) < 4.78 is 65.7. The first-order chi connectivity index (χ1) is 12.7. The SMILES string of the molecule is O=C(C1CC1)N1C[C@H]2CCCN(S(=O)(=O)c3ccc(C(F)(F)F)cc3)[C@H]2C1. The molecule has 2 aliphatic heterocycles. The van der Waals surface area contributed by atoms with Crippen LogP contribution < -0.4 is 0 Å². The summed E-state index contributed by atoms with van der Waals surface area (Å²) in [5.41, 5.74) is -0.875. The Balaban J connectivity index is 1.56. The summed E-state index contributed by atoms with van der Waals surface area (Å²) in [6.07, 6.45) is -1.16. The minimum atomic E-state index is -4.51. The van der Waals surface area contributed by atoms with Crippen molar-refractivity contribution in [3.63, 3.8) is 0 Å². The van der Waals surface area contributed by atoms with Crippen molar-refractivity contribution in [1.82, 2.24) is 9.21 Å². The number of rotatable bonds is 3. The average molecular weight is 402 g/mol. The second-order valence-corrected chi connectivity index (χ2v) is 9.52. The van der Waals surface area contributed by atoms with E-state index < -0.39 is 21.8 Å². The van der Waals surface area contributed by atoms with Gasteiger partial charge in [-0.3, -0.25) is 4.79 Å². The number of benzene rings is 1. The first kappa shape index (κ1) is 18.7. The standard InChI is InChI=1S/C18H21F3N2O3S/c19-18(20,21)14-5-7-15(8-6-14)27(25,26)23-9-1-2-13-10-22(11-16(13)23)17(24)12-3-4-12/h5-8,12-13,16H,1-4,9-11H2/t13-,16+/m1/s1. The fraction of sp³-hybridized carbons (Fsp3) is 0.611. The van der Waals surface area contributed by atoms with E-state index >= 15 is 0 Å². The highest BCUT2D eigenvalue weighted by Gasteiger charge is 2.47. The molecule has 1 aromatic rings. The third-order valence-corrected chi connectivity index (χ3v) is 7.70. The van der Waals surface area contributed by atoms with Crippen LogP contribution in [0.3, 0.4) is 0 Å². The van der Waals surface area contributed by atoms with Gasteiger partial charge in [-0.15, -0.1) is 0 Å². The number of alkyl halides is 3. The normalized spacial score (nSPS) is 26.9. The van der Waals surface area contributed by atoms with Gasteiger partial charge in [-0.05, 0) is 55.9 Å². The molecule has 0 bridgehead atoms. The molecule has 0 unspecified atom stereocenters. The van der Waals surface area contributed by atoms with Crippen LogP contribution in [0, 0.1) is 11.8 Å². The summed E-state index contributed by atoms with van der Waals surface area (Å²) in [6.45, 7) is 1.27. The highest BCUT2D eigenvalue weighted by molar-refractivity contribution is 7.89. The zero-order valence-electron chi connectivity index (χ0n) is 14.7. The Labute approximate surface area is 156 Å². The molecule has 148 valence electrons. The first-order valence-electron chi connectivity index (χ1n) is 9.16. The predicted molar refractivity (Wildman–Crippen MR) is 91.2 cm³/mol. The number of likely N-dealkylation sites (tertiary alicyclic amines) is 1. The molecule has 4 rings (SSSR count). The van der Waals surface area contributed by atoms with Crippen LogP contribution >= 0.6 is 0 Å². The molecule has 0 spiro atoms. The van der Waals surface area contributed by atoms with Crippen LogP contribution in [0.15, 0.2) is 29.2 Å². The van der Waals surface area contributed by atoms with E-state index in [-0.39, 0.29) is 28.7 Å². The molecule has 2 atom stereocenters. The van der Waals surface area contributed by atoms with Crippen LogP contribution in [0.5, 0.6) is 0 Å². The Hall–Kier alpha value is -1.61. The van der Waals surface area contributed by atoms with Crippen molar-refractivity contribution < 1.29 is 26.4 Å². The Bertz CT molecular complexity index is 834. The van der Waals surface area contributed by atoms with Crippen molar-refractivity contribution in [3.05, 3.63) is 29.8 Å². The quantitative estimate of drug-likeness (QED) is 0.781. The Morgan fingerprint density at radius 1 is 1.04 bits per heavy atom. The van der Waals surface area contributed by atoms with Crippen LogP contribution in [0.2, 0.25) is 0 Å². The van der Waals surface area contributed by atoms with Crippen LogP contribution in [0.25, 0.3) is 0 Å². The lowest BCUT2D eigenvalue weighted by Crippen LogP contribution is -2.48. The number of sulfonamides is 1. The summed E-state index contributed by atoms with van der Waals surface area (Å²) >= 11 is 0. The van der Waals surface area contributed by atoms with Gasteiger partial charge in [0.1, 0.15) is 0 Å². The highest BCUT2D eigenvalue weighted by atomic mass is 32.2. The number of amides is 1. The number of hydrogen-bond donors (Lipinski definition) is 0. The second kappa shape index (κ2) is 6.48. The van der Waals surface area contributed by atoms with Gasteiger partial charge in [0, 0.05) is 31.6 Å². The first-order valence-corrected chi connectivity index (χ1v) is 10.6. The lowest BCUT2D eigenvalue weighted by molar-refractivity contribution is -0.137. The summed E-state index contributed by atoms with van der Waals surface area (Å²) in [7, 11) is -3.90. The van der Waals surface area contributed by atoms with Crippen molar-refractivity contribution in [2.75, 3.05) is 19.6 Å². The molecule has 1 aliphatic carbocycles. The number of piperidine rings is 1. The molecule has 0 N–H and O–H groups in total. The van der Waals surface area contributed by atoms with Crippen LogP contribution in [0.1, 0.15) is 31.2 Å². The maximum Gasteiger partial charge on any atom is 0.416 e. The molecule has 1 saturated carbocycles. The van der Waals surface area contributed by atoms with E-state index in [0.717, 1.165) is 43.5 Å². The van der Waals surface area contributed by atoms with Crippen LogP contribution in [0.4, 0.5) is 13.2 Å². The van der Waals surface area contributed by atoms with Gasteiger partial charge in [-0.2, -0.15) is 17.5 Å². The molecule has 3 aliphatic rings. The van der Waals surface area contributed by atoms with E-state index in [2.05, 4.69) is 0 Å². The van der Waals surface area contributed by atoms with Crippen molar-refractivity contribution in [3.8, 4) is 0 Å². The number of carbonyl (C=O) groups excluding carboxylic acids is 1. The van der Waals surface area contributed by atoms with Crippen molar-refractivity contribution >= 4 is 15.9 Å². The topological polar surface area (TPSA) is 57.7 Å². The zero-order chi connectivity index (χ0) is 19.4. The van der Waals surface area contributed by atoms with E-state index in [9.17, 15) is 26.4 Å². The fourth-order valence-electron chi connectivity index (χ4n) is 4.16. The molecule has 2 heterocycles. The minimum Gasteiger partial charge on any atom is -0.340 e. The molecule has 9 heteroatoms. The third-order valence-electron chi connectivity index (χ3n) is 5.76. The molecule has 0 radical (unpaired) electrons. The van der Waals surface area contributed by atoms with Crippen molar-refractivity contribution in [2.24, 2.45) is 11.8 Å². The minimum absolute atomic E-state index is 0.0881. The summed E-state index contributed by atoms with van der Waals surface area (Å²) in [6, 6.07) is 3.33. The molecule has 5 nitrogen and oxygen atoms in total. The summed E-state index contributed by atoms with van der Waals surface area (Å²) in [5.74, 6) is 0.284. The molecular formula is C18H21F3N2O3S. The van der Waals surface area contributed by atoms with Crippen molar-refractivity contribution in [2.45, 2.75) is 42.8 Å². The Kier molecular flexibility index (Phi) is 4.50.